The normalized spacial score (nSPS) is 15.7. The van der Waals surface area contributed by atoms with Gasteiger partial charge in [-0.3, -0.25) is 4.79 Å². The van der Waals surface area contributed by atoms with Gasteiger partial charge in [-0.25, -0.2) is 4.79 Å². The van der Waals surface area contributed by atoms with Gasteiger partial charge >= 0.3 is 6.03 Å². The Labute approximate surface area is 163 Å². The van der Waals surface area contributed by atoms with Crippen LogP contribution < -0.4 is 20.3 Å². The standard InChI is InChI=1S/C20H22ClN3O3/c1-3-4-11-24-17-12-16(9-10-18(17)27-13(2)19(24)25)23-20(26)22-15-7-5-14(21)6-8-15/h5-10,12-13H,3-4,11H2,1-2H3,(H2,22,23,26). The maximum atomic E-state index is 12.5. The Hall–Kier alpha value is -2.73. The number of ether oxygens (including phenoxy) is 1. The smallest absolute Gasteiger partial charge is 0.323 e. The molecule has 0 radical (unpaired) electrons. The number of hydrogen-bond donors (Lipinski definition) is 2. The number of hydrogen-bond acceptors (Lipinski definition) is 3. The summed E-state index contributed by atoms with van der Waals surface area (Å²) in [7, 11) is 0. The zero-order valence-corrected chi connectivity index (χ0v) is 16.0. The van der Waals surface area contributed by atoms with E-state index in [4.69, 9.17) is 16.3 Å². The van der Waals surface area contributed by atoms with Crippen molar-refractivity contribution in [2.45, 2.75) is 32.8 Å². The lowest BCUT2D eigenvalue weighted by Crippen LogP contribution is -2.44. The van der Waals surface area contributed by atoms with Gasteiger partial charge in [-0.15, -0.1) is 0 Å². The number of halogens is 1. The summed E-state index contributed by atoms with van der Waals surface area (Å²) in [4.78, 5) is 26.5. The lowest BCUT2D eigenvalue weighted by Gasteiger charge is -2.33. The Balaban J connectivity index is 1.75. The summed E-state index contributed by atoms with van der Waals surface area (Å²) < 4.78 is 5.69. The lowest BCUT2D eigenvalue weighted by atomic mass is 10.1. The molecule has 2 N–H and O–H groups in total. The number of nitrogens with one attached hydrogen (secondary N) is 2. The molecule has 6 nitrogen and oxygen atoms in total. The van der Waals surface area contributed by atoms with Crippen molar-refractivity contribution in [3.05, 3.63) is 47.5 Å². The van der Waals surface area contributed by atoms with Gasteiger partial charge < -0.3 is 20.3 Å². The number of carbonyl (C=O) groups is 2. The summed E-state index contributed by atoms with van der Waals surface area (Å²) in [6, 6.07) is 11.7. The summed E-state index contributed by atoms with van der Waals surface area (Å²) in [5, 5.41) is 6.12. The van der Waals surface area contributed by atoms with Crippen LogP contribution >= 0.6 is 11.6 Å². The molecule has 0 saturated carbocycles. The van der Waals surface area contributed by atoms with Gasteiger partial charge in [-0.2, -0.15) is 0 Å². The molecule has 0 fully saturated rings. The molecule has 0 saturated heterocycles. The molecule has 0 aliphatic carbocycles. The third-order valence-corrected chi connectivity index (χ3v) is 4.51. The molecule has 1 aliphatic rings. The minimum atomic E-state index is -0.513. The van der Waals surface area contributed by atoms with Crippen molar-refractivity contribution in [1.82, 2.24) is 0 Å². The predicted octanol–water partition coefficient (Wildman–Crippen LogP) is 4.90. The maximum absolute atomic E-state index is 12.5. The molecular weight excluding hydrogens is 366 g/mol. The molecule has 1 aliphatic heterocycles. The van der Waals surface area contributed by atoms with Crippen molar-refractivity contribution >= 4 is 40.6 Å². The summed E-state index contributed by atoms with van der Waals surface area (Å²) in [6.07, 6.45) is 1.36. The van der Waals surface area contributed by atoms with Crippen molar-refractivity contribution in [1.29, 1.82) is 0 Å². The van der Waals surface area contributed by atoms with Crippen LogP contribution in [-0.4, -0.2) is 24.6 Å². The molecule has 0 spiro atoms. The lowest BCUT2D eigenvalue weighted by molar-refractivity contribution is -0.125. The van der Waals surface area contributed by atoms with Crippen molar-refractivity contribution in [3.8, 4) is 5.75 Å². The predicted molar refractivity (Wildman–Crippen MR) is 108 cm³/mol. The molecular formula is C20H22ClN3O3. The first-order valence-electron chi connectivity index (χ1n) is 8.93. The minimum absolute atomic E-state index is 0.0706. The van der Waals surface area contributed by atoms with E-state index >= 15 is 0 Å². The van der Waals surface area contributed by atoms with Crippen LogP contribution in [0.2, 0.25) is 5.02 Å². The quantitative estimate of drug-likeness (QED) is 0.766. The van der Waals surface area contributed by atoms with E-state index in [9.17, 15) is 9.59 Å². The summed E-state index contributed by atoms with van der Waals surface area (Å²) in [5.74, 6) is 0.570. The fraction of sp³-hybridized carbons (Fsp3) is 0.300. The van der Waals surface area contributed by atoms with Crippen molar-refractivity contribution in [2.75, 3.05) is 22.1 Å². The van der Waals surface area contributed by atoms with E-state index in [1.54, 1.807) is 54.3 Å². The first-order chi connectivity index (χ1) is 13.0. The van der Waals surface area contributed by atoms with E-state index in [0.29, 0.717) is 34.4 Å². The van der Waals surface area contributed by atoms with Crippen molar-refractivity contribution in [2.24, 2.45) is 0 Å². The second-order valence-electron chi connectivity index (χ2n) is 6.37. The van der Waals surface area contributed by atoms with E-state index in [1.165, 1.54) is 0 Å². The van der Waals surface area contributed by atoms with E-state index in [-0.39, 0.29) is 11.9 Å². The third-order valence-electron chi connectivity index (χ3n) is 4.26. The average Bonchev–Trinajstić information content (AvgIpc) is 2.64. The number of carbonyl (C=O) groups excluding carboxylic acids is 2. The Kier molecular flexibility index (Phi) is 5.86. The third kappa shape index (κ3) is 4.52. The number of fused-ring (bicyclic) bond motifs is 1. The first kappa shape index (κ1) is 19.0. The Bertz CT molecular complexity index is 839. The van der Waals surface area contributed by atoms with E-state index < -0.39 is 6.10 Å². The molecule has 142 valence electrons. The zero-order valence-electron chi connectivity index (χ0n) is 15.3. The second kappa shape index (κ2) is 8.31. The van der Waals surface area contributed by atoms with Crippen LogP contribution in [0.3, 0.4) is 0 Å². The number of anilines is 3. The van der Waals surface area contributed by atoms with Crippen LogP contribution in [0, 0.1) is 0 Å². The van der Waals surface area contributed by atoms with Crippen LogP contribution in [-0.2, 0) is 4.79 Å². The monoisotopic (exact) mass is 387 g/mol. The number of nitrogens with zero attached hydrogens (tertiary/aromatic N) is 1. The summed E-state index contributed by atoms with van der Waals surface area (Å²) >= 11 is 5.84. The molecule has 1 heterocycles. The molecule has 0 bridgehead atoms. The van der Waals surface area contributed by atoms with Gasteiger partial charge in [0.15, 0.2) is 6.10 Å². The van der Waals surface area contributed by atoms with Crippen LogP contribution in [0.15, 0.2) is 42.5 Å². The molecule has 3 amide bonds. The number of unbranched alkanes of at least 4 members (excludes halogenated alkanes) is 1. The van der Waals surface area contributed by atoms with Crippen molar-refractivity contribution < 1.29 is 14.3 Å². The van der Waals surface area contributed by atoms with Gasteiger partial charge in [0.1, 0.15) is 5.75 Å². The summed E-state index contributed by atoms with van der Waals surface area (Å²) in [5.41, 5.74) is 1.88. The molecule has 1 atom stereocenters. The number of amides is 3. The van der Waals surface area contributed by atoms with Gasteiger partial charge in [0.25, 0.3) is 5.91 Å². The second-order valence-corrected chi connectivity index (χ2v) is 6.81. The number of benzene rings is 2. The largest absolute Gasteiger partial charge is 0.479 e. The molecule has 1 unspecified atom stereocenters. The Morgan fingerprint density at radius 3 is 2.52 bits per heavy atom. The van der Waals surface area contributed by atoms with E-state index in [0.717, 1.165) is 12.8 Å². The van der Waals surface area contributed by atoms with Gasteiger partial charge in [0, 0.05) is 22.9 Å². The van der Waals surface area contributed by atoms with E-state index in [1.807, 2.05) is 0 Å². The number of urea groups is 1. The molecule has 0 aromatic heterocycles. The van der Waals surface area contributed by atoms with Crippen molar-refractivity contribution in [3.63, 3.8) is 0 Å². The van der Waals surface area contributed by atoms with Gasteiger partial charge in [0.05, 0.1) is 5.69 Å². The fourth-order valence-electron chi connectivity index (χ4n) is 2.86. The Morgan fingerprint density at radius 2 is 1.81 bits per heavy atom. The molecule has 2 aromatic carbocycles. The topological polar surface area (TPSA) is 70.7 Å². The van der Waals surface area contributed by atoms with Crippen LogP contribution in [0.4, 0.5) is 21.9 Å². The SMILES string of the molecule is CCCCN1C(=O)C(C)Oc2ccc(NC(=O)Nc3ccc(Cl)cc3)cc21. The highest BCUT2D eigenvalue weighted by molar-refractivity contribution is 6.30. The molecule has 27 heavy (non-hydrogen) atoms. The molecule has 3 rings (SSSR count). The highest BCUT2D eigenvalue weighted by Gasteiger charge is 2.31. The highest BCUT2D eigenvalue weighted by Crippen LogP contribution is 2.36. The van der Waals surface area contributed by atoms with Crippen LogP contribution in [0.5, 0.6) is 5.75 Å². The van der Waals surface area contributed by atoms with E-state index in [2.05, 4.69) is 17.6 Å². The molecule has 7 heteroatoms. The highest BCUT2D eigenvalue weighted by atomic mass is 35.5. The van der Waals surface area contributed by atoms with Crippen LogP contribution in [0.25, 0.3) is 0 Å². The average molecular weight is 388 g/mol. The number of rotatable bonds is 5. The molecule has 2 aromatic rings. The summed E-state index contributed by atoms with van der Waals surface area (Å²) in [6.45, 7) is 4.45. The van der Waals surface area contributed by atoms with Gasteiger partial charge in [0.2, 0.25) is 0 Å². The fourth-order valence-corrected chi connectivity index (χ4v) is 2.98. The zero-order chi connectivity index (χ0) is 19.4. The Morgan fingerprint density at radius 1 is 1.15 bits per heavy atom. The minimum Gasteiger partial charge on any atom is -0.479 e. The van der Waals surface area contributed by atoms with Gasteiger partial charge in [-0.05, 0) is 55.8 Å². The first-order valence-corrected chi connectivity index (χ1v) is 9.31. The maximum Gasteiger partial charge on any atom is 0.323 e. The van der Waals surface area contributed by atoms with Crippen LogP contribution in [0.1, 0.15) is 26.7 Å². The van der Waals surface area contributed by atoms with Gasteiger partial charge in [-0.1, -0.05) is 24.9 Å².